The number of hydrogen-bond donors (Lipinski definition) is 1. The van der Waals surface area contributed by atoms with Crippen LogP contribution in [0, 0.1) is 0 Å². The number of nitrogens with zero attached hydrogens (tertiary/aromatic N) is 2. The van der Waals surface area contributed by atoms with Crippen molar-refractivity contribution in [3.8, 4) is 0 Å². The van der Waals surface area contributed by atoms with Crippen LogP contribution in [0.2, 0.25) is 0 Å². The summed E-state index contributed by atoms with van der Waals surface area (Å²) in [6.45, 7) is 3.38. The monoisotopic (exact) mass is 213 g/mol. The van der Waals surface area contributed by atoms with E-state index in [1.54, 1.807) is 16.8 Å². The van der Waals surface area contributed by atoms with Crippen molar-refractivity contribution >= 4 is 11.8 Å². The average Bonchev–Trinajstić information content (AvgIpc) is 2.39. The fraction of sp³-hybridized carbons (Fsp3) is 0.800. The molecule has 86 valence electrons. The molecule has 1 saturated heterocycles. The van der Waals surface area contributed by atoms with Gasteiger partial charge in [0.2, 0.25) is 11.8 Å². The first-order valence-corrected chi connectivity index (χ1v) is 5.34. The minimum Gasteiger partial charge on any atom is -0.344 e. The van der Waals surface area contributed by atoms with Gasteiger partial charge in [0.05, 0.1) is 12.6 Å². The average molecular weight is 213 g/mol. The highest BCUT2D eigenvalue weighted by Crippen LogP contribution is 2.05. The molecule has 1 fully saturated rings. The number of carbonyl (C=O) groups excluding carboxylic acids is 2. The minimum absolute atomic E-state index is 0.0100. The number of amides is 2. The summed E-state index contributed by atoms with van der Waals surface area (Å²) in [5.41, 5.74) is 5.66. The van der Waals surface area contributed by atoms with Crippen molar-refractivity contribution in [1.82, 2.24) is 9.80 Å². The van der Waals surface area contributed by atoms with Crippen molar-refractivity contribution in [2.75, 3.05) is 26.7 Å². The topological polar surface area (TPSA) is 66.6 Å². The zero-order valence-electron chi connectivity index (χ0n) is 9.40. The van der Waals surface area contributed by atoms with E-state index in [1.165, 1.54) is 0 Å². The van der Waals surface area contributed by atoms with Crippen LogP contribution in [0.4, 0.5) is 0 Å². The summed E-state index contributed by atoms with van der Waals surface area (Å²) < 4.78 is 0. The highest BCUT2D eigenvalue weighted by Gasteiger charge is 2.25. The Morgan fingerprint density at radius 2 is 2.20 bits per heavy atom. The second kappa shape index (κ2) is 5.11. The molecule has 1 rings (SSSR count). The first-order valence-electron chi connectivity index (χ1n) is 5.34. The van der Waals surface area contributed by atoms with Crippen LogP contribution in [-0.4, -0.2) is 54.3 Å². The van der Waals surface area contributed by atoms with E-state index in [-0.39, 0.29) is 18.4 Å². The van der Waals surface area contributed by atoms with Gasteiger partial charge in [-0.05, 0) is 12.8 Å². The molecule has 2 N–H and O–H groups in total. The van der Waals surface area contributed by atoms with Gasteiger partial charge in [-0.2, -0.15) is 0 Å². The number of nitrogens with two attached hydrogens (primary N) is 1. The number of likely N-dealkylation sites (N-methyl/N-ethyl adjacent to an activating group) is 1. The maximum absolute atomic E-state index is 11.8. The zero-order chi connectivity index (χ0) is 11.4. The lowest BCUT2D eigenvalue weighted by atomic mass is 10.2. The van der Waals surface area contributed by atoms with E-state index in [1.807, 2.05) is 6.92 Å². The van der Waals surface area contributed by atoms with Gasteiger partial charge in [-0.25, -0.2) is 0 Å². The first-order chi connectivity index (χ1) is 7.06. The van der Waals surface area contributed by atoms with Crippen LogP contribution in [0.5, 0.6) is 0 Å². The smallest absolute Gasteiger partial charge is 0.241 e. The van der Waals surface area contributed by atoms with Crippen LogP contribution in [-0.2, 0) is 9.59 Å². The van der Waals surface area contributed by atoms with E-state index in [0.717, 1.165) is 6.42 Å². The van der Waals surface area contributed by atoms with Gasteiger partial charge in [0, 0.05) is 20.1 Å². The molecule has 5 nitrogen and oxygen atoms in total. The van der Waals surface area contributed by atoms with Crippen LogP contribution in [0.1, 0.15) is 19.8 Å². The predicted molar refractivity (Wildman–Crippen MR) is 57.1 cm³/mol. The summed E-state index contributed by atoms with van der Waals surface area (Å²) in [7, 11) is 1.76. The van der Waals surface area contributed by atoms with Crippen LogP contribution in [0.15, 0.2) is 0 Å². The molecule has 0 aromatic carbocycles. The molecule has 0 bridgehead atoms. The van der Waals surface area contributed by atoms with Crippen LogP contribution >= 0.6 is 0 Å². The van der Waals surface area contributed by atoms with Gasteiger partial charge in [0.15, 0.2) is 0 Å². The van der Waals surface area contributed by atoms with Crippen molar-refractivity contribution in [3.63, 3.8) is 0 Å². The van der Waals surface area contributed by atoms with Gasteiger partial charge >= 0.3 is 0 Å². The Hall–Kier alpha value is -1.10. The van der Waals surface area contributed by atoms with Crippen LogP contribution < -0.4 is 5.73 Å². The summed E-state index contributed by atoms with van der Waals surface area (Å²) in [5.74, 6) is -0.120. The second-order valence-corrected chi connectivity index (χ2v) is 3.94. The predicted octanol–water partition coefficient (Wildman–Crippen LogP) is -0.586. The fourth-order valence-corrected chi connectivity index (χ4v) is 1.58. The lowest BCUT2D eigenvalue weighted by Gasteiger charge is -2.22. The summed E-state index contributed by atoms with van der Waals surface area (Å²) in [6, 6.07) is -0.471. The molecule has 1 aliphatic heterocycles. The Bertz CT molecular complexity index is 255. The maximum Gasteiger partial charge on any atom is 0.241 e. The standard InChI is InChI=1S/C10H19N3O2/c1-3-8(11)10(15)13-6-4-5-12(2)9(14)7-13/h8H,3-7,11H2,1-2H3. The summed E-state index contributed by atoms with van der Waals surface area (Å²) in [4.78, 5) is 26.5. The van der Waals surface area contributed by atoms with E-state index in [2.05, 4.69) is 0 Å². The van der Waals surface area contributed by atoms with Crippen molar-refractivity contribution in [1.29, 1.82) is 0 Å². The zero-order valence-corrected chi connectivity index (χ0v) is 9.40. The van der Waals surface area contributed by atoms with Crippen LogP contribution in [0.25, 0.3) is 0 Å². The fourth-order valence-electron chi connectivity index (χ4n) is 1.58. The molecule has 0 aliphatic carbocycles. The molecular weight excluding hydrogens is 194 g/mol. The van der Waals surface area contributed by atoms with Gasteiger partial charge in [0.25, 0.3) is 0 Å². The maximum atomic E-state index is 11.8. The van der Waals surface area contributed by atoms with Crippen molar-refractivity contribution in [2.24, 2.45) is 5.73 Å². The van der Waals surface area contributed by atoms with Crippen molar-refractivity contribution < 1.29 is 9.59 Å². The Morgan fingerprint density at radius 1 is 1.53 bits per heavy atom. The highest BCUT2D eigenvalue weighted by atomic mass is 16.2. The van der Waals surface area contributed by atoms with E-state index in [9.17, 15) is 9.59 Å². The molecule has 1 heterocycles. The Morgan fingerprint density at radius 3 is 2.80 bits per heavy atom. The number of rotatable bonds is 2. The first kappa shape index (κ1) is 12.0. The molecule has 2 amide bonds. The van der Waals surface area contributed by atoms with Gasteiger partial charge in [-0.3, -0.25) is 9.59 Å². The molecule has 0 radical (unpaired) electrons. The lowest BCUT2D eigenvalue weighted by Crippen LogP contribution is -2.46. The van der Waals surface area contributed by atoms with Gasteiger partial charge in [0.1, 0.15) is 0 Å². The molecule has 1 atom stereocenters. The van der Waals surface area contributed by atoms with Crippen molar-refractivity contribution in [2.45, 2.75) is 25.8 Å². The molecule has 1 aliphatic rings. The van der Waals surface area contributed by atoms with E-state index >= 15 is 0 Å². The second-order valence-electron chi connectivity index (χ2n) is 3.94. The highest BCUT2D eigenvalue weighted by molar-refractivity contribution is 5.87. The third-order valence-electron chi connectivity index (χ3n) is 2.74. The van der Waals surface area contributed by atoms with E-state index < -0.39 is 6.04 Å². The third-order valence-corrected chi connectivity index (χ3v) is 2.74. The van der Waals surface area contributed by atoms with Gasteiger partial charge < -0.3 is 15.5 Å². The molecule has 0 spiro atoms. The Labute approximate surface area is 90.2 Å². The third kappa shape index (κ3) is 2.92. The van der Waals surface area contributed by atoms with E-state index in [0.29, 0.717) is 19.5 Å². The molecule has 15 heavy (non-hydrogen) atoms. The van der Waals surface area contributed by atoms with E-state index in [4.69, 9.17) is 5.73 Å². The molecular formula is C10H19N3O2. The normalized spacial score (nSPS) is 20.1. The summed E-state index contributed by atoms with van der Waals surface area (Å²) >= 11 is 0. The minimum atomic E-state index is -0.471. The van der Waals surface area contributed by atoms with Gasteiger partial charge in [-0.15, -0.1) is 0 Å². The molecule has 1 unspecified atom stereocenters. The lowest BCUT2D eigenvalue weighted by molar-refractivity contribution is -0.138. The molecule has 5 heteroatoms. The van der Waals surface area contributed by atoms with Crippen LogP contribution in [0.3, 0.4) is 0 Å². The molecule has 0 saturated carbocycles. The largest absolute Gasteiger partial charge is 0.344 e. The SMILES string of the molecule is CCC(N)C(=O)N1CCCN(C)C(=O)C1. The Balaban J connectivity index is 2.62. The summed E-state index contributed by atoms with van der Waals surface area (Å²) in [6.07, 6.45) is 1.43. The Kier molecular flexibility index (Phi) is 4.08. The molecule has 0 aromatic rings. The van der Waals surface area contributed by atoms with Gasteiger partial charge in [-0.1, -0.05) is 6.92 Å². The quantitative estimate of drug-likeness (QED) is 0.667. The number of carbonyl (C=O) groups is 2. The van der Waals surface area contributed by atoms with Crippen molar-refractivity contribution in [3.05, 3.63) is 0 Å². The number of hydrogen-bond acceptors (Lipinski definition) is 3. The summed E-state index contributed by atoms with van der Waals surface area (Å²) in [5, 5.41) is 0. The molecule has 0 aromatic heterocycles.